The molecule has 1 amide bonds. The van der Waals surface area contributed by atoms with Gasteiger partial charge in [-0.25, -0.2) is 0 Å². The molecular weight excluding hydrogens is 298 g/mol. The Kier molecular flexibility index (Phi) is 2.70. The van der Waals surface area contributed by atoms with Crippen molar-refractivity contribution in [2.24, 2.45) is 7.05 Å². The lowest BCUT2D eigenvalue weighted by Crippen LogP contribution is -2.36. The van der Waals surface area contributed by atoms with E-state index in [4.69, 9.17) is 0 Å². The van der Waals surface area contributed by atoms with Gasteiger partial charge >= 0.3 is 0 Å². The Bertz CT molecular complexity index is 602. The molecule has 18 heavy (non-hydrogen) atoms. The Morgan fingerprint density at radius 3 is 2.94 bits per heavy atom. The number of hydrogen-bond donors (Lipinski definition) is 1. The smallest absolute Gasteiger partial charge is 0.270 e. The second-order valence-electron chi connectivity index (χ2n) is 4.35. The maximum atomic E-state index is 12.4. The van der Waals surface area contributed by atoms with Crippen molar-refractivity contribution in [2.75, 3.05) is 6.54 Å². The SMILES string of the molecule is Cn1cc(Br)cc1C(=O)N1CCc2n[nH]nc2C1. The number of nitrogens with zero attached hydrogens (tertiary/aromatic N) is 4. The van der Waals surface area contributed by atoms with E-state index in [1.54, 1.807) is 4.90 Å². The minimum absolute atomic E-state index is 0.0249. The second-order valence-corrected chi connectivity index (χ2v) is 5.26. The van der Waals surface area contributed by atoms with Gasteiger partial charge in [-0.3, -0.25) is 4.79 Å². The van der Waals surface area contributed by atoms with Crippen molar-refractivity contribution < 1.29 is 4.79 Å². The third-order valence-corrected chi connectivity index (χ3v) is 3.57. The third kappa shape index (κ3) is 1.84. The molecule has 0 aromatic carbocycles. The largest absolute Gasteiger partial charge is 0.345 e. The molecule has 2 aromatic heterocycles. The monoisotopic (exact) mass is 309 g/mol. The molecule has 94 valence electrons. The first kappa shape index (κ1) is 11.5. The molecule has 0 aliphatic carbocycles. The van der Waals surface area contributed by atoms with Crippen LogP contribution >= 0.6 is 15.9 Å². The van der Waals surface area contributed by atoms with Crippen molar-refractivity contribution in [3.05, 3.63) is 33.8 Å². The zero-order valence-corrected chi connectivity index (χ0v) is 11.4. The quantitative estimate of drug-likeness (QED) is 0.858. The van der Waals surface area contributed by atoms with E-state index in [9.17, 15) is 4.79 Å². The van der Waals surface area contributed by atoms with Gasteiger partial charge in [0.1, 0.15) is 11.4 Å². The molecule has 0 atom stereocenters. The number of aromatic nitrogens is 4. The van der Waals surface area contributed by atoms with Gasteiger partial charge < -0.3 is 9.47 Å². The standard InChI is InChI=1S/C11H12BrN5O/c1-16-5-7(12)4-10(16)11(18)17-3-2-8-9(6-17)14-15-13-8/h4-5H,2-3,6H2,1H3,(H,13,14,15). The number of hydrogen-bond acceptors (Lipinski definition) is 3. The molecule has 6 nitrogen and oxygen atoms in total. The summed E-state index contributed by atoms with van der Waals surface area (Å²) in [6.07, 6.45) is 2.63. The van der Waals surface area contributed by atoms with Crippen LogP contribution in [0, 0.1) is 0 Å². The summed E-state index contributed by atoms with van der Waals surface area (Å²) < 4.78 is 2.73. The Labute approximate surface area is 112 Å². The summed E-state index contributed by atoms with van der Waals surface area (Å²) in [4.78, 5) is 14.2. The number of rotatable bonds is 1. The number of carbonyl (C=O) groups excluding carboxylic acids is 1. The molecule has 3 heterocycles. The van der Waals surface area contributed by atoms with Gasteiger partial charge in [0, 0.05) is 30.7 Å². The molecule has 0 unspecified atom stereocenters. The average molecular weight is 310 g/mol. The first-order chi connectivity index (χ1) is 8.65. The van der Waals surface area contributed by atoms with Gasteiger partial charge in [-0.15, -0.1) is 0 Å². The van der Waals surface area contributed by atoms with Gasteiger partial charge in [-0.05, 0) is 22.0 Å². The predicted octanol–water partition coefficient (Wildman–Crippen LogP) is 1.10. The summed E-state index contributed by atoms with van der Waals surface area (Å²) in [5.74, 6) is 0.0249. The maximum Gasteiger partial charge on any atom is 0.270 e. The van der Waals surface area contributed by atoms with Crippen LogP contribution in [-0.4, -0.2) is 37.3 Å². The predicted molar refractivity (Wildman–Crippen MR) is 67.9 cm³/mol. The van der Waals surface area contributed by atoms with Gasteiger partial charge in [-0.1, -0.05) is 0 Å². The van der Waals surface area contributed by atoms with Crippen molar-refractivity contribution >= 4 is 21.8 Å². The number of nitrogens with one attached hydrogen (secondary N) is 1. The van der Waals surface area contributed by atoms with Crippen LogP contribution in [-0.2, 0) is 20.0 Å². The second kappa shape index (κ2) is 4.24. The lowest BCUT2D eigenvalue weighted by atomic mass is 10.1. The Balaban J connectivity index is 1.85. The molecule has 1 N–H and O–H groups in total. The highest BCUT2D eigenvalue weighted by atomic mass is 79.9. The van der Waals surface area contributed by atoms with Crippen molar-refractivity contribution in [1.82, 2.24) is 24.9 Å². The summed E-state index contributed by atoms with van der Waals surface area (Å²) in [5, 5.41) is 10.7. The molecule has 0 saturated heterocycles. The van der Waals surface area contributed by atoms with E-state index in [0.717, 1.165) is 22.3 Å². The molecule has 0 fully saturated rings. The summed E-state index contributed by atoms with van der Waals surface area (Å²) in [5.41, 5.74) is 2.50. The van der Waals surface area contributed by atoms with Crippen LogP contribution in [0.1, 0.15) is 21.9 Å². The number of halogens is 1. The van der Waals surface area contributed by atoms with Gasteiger partial charge in [0.15, 0.2) is 0 Å². The first-order valence-electron chi connectivity index (χ1n) is 5.65. The highest BCUT2D eigenvalue weighted by molar-refractivity contribution is 9.10. The highest BCUT2D eigenvalue weighted by Crippen LogP contribution is 2.19. The van der Waals surface area contributed by atoms with Crippen molar-refractivity contribution in [1.29, 1.82) is 0 Å². The van der Waals surface area contributed by atoms with E-state index in [0.29, 0.717) is 18.8 Å². The number of aromatic amines is 1. The number of carbonyl (C=O) groups is 1. The molecule has 0 radical (unpaired) electrons. The summed E-state index contributed by atoms with van der Waals surface area (Å²) in [7, 11) is 1.86. The van der Waals surface area contributed by atoms with E-state index in [1.165, 1.54) is 0 Å². The van der Waals surface area contributed by atoms with Crippen LogP contribution in [0.15, 0.2) is 16.7 Å². The van der Waals surface area contributed by atoms with Crippen molar-refractivity contribution in [3.63, 3.8) is 0 Å². The fraction of sp³-hybridized carbons (Fsp3) is 0.364. The van der Waals surface area contributed by atoms with E-state index in [-0.39, 0.29) is 5.91 Å². The van der Waals surface area contributed by atoms with E-state index >= 15 is 0 Å². The highest BCUT2D eigenvalue weighted by Gasteiger charge is 2.25. The fourth-order valence-corrected chi connectivity index (χ4v) is 2.70. The van der Waals surface area contributed by atoms with Gasteiger partial charge in [0.05, 0.1) is 12.2 Å². The van der Waals surface area contributed by atoms with Crippen LogP contribution in [0.25, 0.3) is 0 Å². The summed E-state index contributed by atoms with van der Waals surface area (Å²) in [6.45, 7) is 1.20. The number of fused-ring (bicyclic) bond motifs is 1. The lowest BCUT2D eigenvalue weighted by Gasteiger charge is -2.25. The number of amides is 1. The summed E-state index contributed by atoms with van der Waals surface area (Å²) >= 11 is 3.38. The van der Waals surface area contributed by atoms with Crippen molar-refractivity contribution in [2.45, 2.75) is 13.0 Å². The molecule has 2 aromatic rings. The van der Waals surface area contributed by atoms with E-state index < -0.39 is 0 Å². The molecule has 7 heteroatoms. The number of H-pyrrole nitrogens is 1. The normalized spacial score (nSPS) is 14.7. The Morgan fingerprint density at radius 2 is 2.22 bits per heavy atom. The first-order valence-corrected chi connectivity index (χ1v) is 6.44. The van der Waals surface area contributed by atoms with Crippen LogP contribution < -0.4 is 0 Å². The Hall–Kier alpha value is -1.63. The van der Waals surface area contributed by atoms with E-state index in [1.807, 2.05) is 23.9 Å². The molecule has 0 bridgehead atoms. The molecule has 1 aliphatic rings. The third-order valence-electron chi connectivity index (χ3n) is 3.14. The molecule has 0 saturated carbocycles. The summed E-state index contributed by atoms with van der Waals surface area (Å²) in [6, 6.07) is 1.83. The van der Waals surface area contributed by atoms with Crippen LogP contribution in [0.3, 0.4) is 0 Å². The van der Waals surface area contributed by atoms with Gasteiger partial charge in [0.25, 0.3) is 5.91 Å². The van der Waals surface area contributed by atoms with Crippen LogP contribution in [0.5, 0.6) is 0 Å². The molecule has 1 aliphatic heterocycles. The zero-order chi connectivity index (χ0) is 12.7. The fourth-order valence-electron chi connectivity index (χ4n) is 2.17. The van der Waals surface area contributed by atoms with Crippen LogP contribution in [0.4, 0.5) is 0 Å². The Morgan fingerprint density at radius 1 is 1.44 bits per heavy atom. The minimum atomic E-state index is 0.0249. The topological polar surface area (TPSA) is 66.8 Å². The van der Waals surface area contributed by atoms with Gasteiger partial charge in [-0.2, -0.15) is 15.4 Å². The molecule has 0 spiro atoms. The number of aryl methyl sites for hydroxylation is 1. The lowest BCUT2D eigenvalue weighted by molar-refractivity contribution is 0.0722. The van der Waals surface area contributed by atoms with E-state index in [2.05, 4.69) is 31.3 Å². The van der Waals surface area contributed by atoms with Gasteiger partial charge in [0.2, 0.25) is 0 Å². The molecule has 3 rings (SSSR count). The van der Waals surface area contributed by atoms with Crippen LogP contribution in [0.2, 0.25) is 0 Å². The van der Waals surface area contributed by atoms with Crippen molar-refractivity contribution in [3.8, 4) is 0 Å². The average Bonchev–Trinajstić information content (AvgIpc) is 2.93. The molecular formula is C11H12BrN5O. The minimum Gasteiger partial charge on any atom is -0.345 e. The zero-order valence-electron chi connectivity index (χ0n) is 9.85. The maximum absolute atomic E-state index is 12.4.